The predicted molar refractivity (Wildman–Crippen MR) is 79.6 cm³/mol. The van der Waals surface area contributed by atoms with Gasteiger partial charge in [0.1, 0.15) is 6.10 Å². The lowest BCUT2D eigenvalue weighted by atomic mass is 9.91. The number of aliphatic hydroxyl groups excluding tert-OH is 1. The molecule has 1 unspecified atom stereocenters. The van der Waals surface area contributed by atoms with Crippen LogP contribution in [0.2, 0.25) is 0 Å². The van der Waals surface area contributed by atoms with Crippen molar-refractivity contribution in [3.63, 3.8) is 0 Å². The van der Waals surface area contributed by atoms with Gasteiger partial charge >= 0.3 is 0 Å². The van der Waals surface area contributed by atoms with E-state index in [1.807, 2.05) is 6.07 Å². The van der Waals surface area contributed by atoms with Crippen LogP contribution < -0.4 is 0 Å². The Kier molecular flexibility index (Phi) is 3.36. The van der Waals surface area contributed by atoms with Gasteiger partial charge in [-0.05, 0) is 54.2 Å². The van der Waals surface area contributed by atoms with Gasteiger partial charge in [-0.2, -0.15) is 0 Å². The standard InChI is InChI=1S/C18H20O2/c1-11-6-12(2)17(13(3)7-11)18(19)14-4-5-15-9-20-10-16(15)8-14/h4-8,18-19H,9-10H2,1-3H3. The number of hydrogen-bond acceptors (Lipinski definition) is 2. The van der Waals surface area contributed by atoms with E-state index in [2.05, 4.69) is 45.0 Å². The SMILES string of the molecule is Cc1cc(C)c(C(O)c2ccc3c(c2)COC3)c(C)c1. The quantitative estimate of drug-likeness (QED) is 0.899. The van der Waals surface area contributed by atoms with Crippen LogP contribution in [0.5, 0.6) is 0 Å². The summed E-state index contributed by atoms with van der Waals surface area (Å²) in [5.41, 5.74) is 7.93. The molecular weight excluding hydrogens is 248 g/mol. The first-order valence-corrected chi connectivity index (χ1v) is 7.01. The maximum absolute atomic E-state index is 10.7. The van der Waals surface area contributed by atoms with Crippen LogP contribution in [0.25, 0.3) is 0 Å². The Morgan fingerprint density at radius 3 is 2.30 bits per heavy atom. The molecule has 0 aromatic heterocycles. The Balaban J connectivity index is 2.03. The highest BCUT2D eigenvalue weighted by atomic mass is 16.5. The Labute approximate surface area is 120 Å². The van der Waals surface area contributed by atoms with E-state index in [4.69, 9.17) is 4.74 Å². The van der Waals surface area contributed by atoms with Crippen molar-refractivity contribution < 1.29 is 9.84 Å². The highest BCUT2D eigenvalue weighted by Gasteiger charge is 2.19. The second-order valence-electron chi connectivity index (χ2n) is 5.74. The molecule has 0 radical (unpaired) electrons. The molecule has 1 atom stereocenters. The van der Waals surface area contributed by atoms with Crippen LogP contribution in [-0.4, -0.2) is 5.11 Å². The molecule has 1 heterocycles. The number of rotatable bonds is 2. The number of benzene rings is 2. The summed E-state index contributed by atoms with van der Waals surface area (Å²) >= 11 is 0. The maximum atomic E-state index is 10.7. The van der Waals surface area contributed by atoms with Gasteiger partial charge in [0, 0.05) is 0 Å². The van der Waals surface area contributed by atoms with E-state index in [0.717, 1.165) is 22.3 Å². The summed E-state index contributed by atoms with van der Waals surface area (Å²) in [6.07, 6.45) is -0.568. The zero-order valence-electron chi connectivity index (χ0n) is 12.2. The molecule has 0 saturated carbocycles. The Morgan fingerprint density at radius 1 is 0.950 bits per heavy atom. The van der Waals surface area contributed by atoms with Crippen molar-refractivity contribution in [1.29, 1.82) is 0 Å². The molecule has 0 bridgehead atoms. The Bertz CT molecular complexity index is 635. The fraction of sp³-hybridized carbons (Fsp3) is 0.333. The minimum Gasteiger partial charge on any atom is -0.384 e. The van der Waals surface area contributed by atoms with Gasteiger partial charge in [0.25, 0.3) is 0 Å². The molecule has 0 spiro atoms. The van der Waals surface area contributed by atoms with Gasteiger partial charge < -0.3 is 9.84 Å². The lowest BCUT2D eigenvalue weighted by molar-refractivity contribution is 0.134. The monoisotopic (exact) mass is 268 g/mol. The van der Waals surface area contributed by atoms with Crippen LogP contribution in [0.1, 0.15) is 45.0 Å². The van der Waals surface area contributed by atoms with E-state index >= 15 is 0 Å². The van der Waals surface area contributed by atoms with Crippen molar-refractivity contribution in [3.8, 4) is 0 Å². The minimum absolute atomic E-state index is 0.568. The third-order valence-corrected chi connectivity index (χ3v) is 4.07. The number of ether oxygens (including phenoxy) is 1. The summed E-state index contributed by atoms with van der Waals surface area (Å²) in [5, 5.41) is 10.7. The first kappa shape index (κ1) is 13.3. The van der Waals surface area contributed by atoms with Crippen LogP contribution in [-0.2, 0) is 18.0 Å². The topological polar surface area (TPSA) is 29.5 Å². The highest BCUT2D eigenvalue weighted by molar-refractivity contribution is 5.44. The van der Waals surface area contributed by atoms with E-state index in [0.29, 0.717) is 13.2 Å². The molecule has 2 nitrogen and oxygen atoms in total. The first-order chi connectivity index (χ1) is 9.56. The smallest absolute Gasteiger partial charge is 0.105 e. The molecule has 2 aromatic rings. The third kappa shape index (κ3) is 2.26. The number of fused-ring (bicyclic) bond motifs is 1. The maximum Gasteiger partial charge on any atom is 0.105 e. The van der Waals surface area contributed by atoms with Gasteiger partial charge in [-0.1, -0.05) is 35.9 Å². The zero-order chi connectivity index (χ0) is 14.3. The van der Waals surface area contributed by atoms with Gasteiger partial charge in [0.2, 0.25) is 0 Å². The van der Waals surface area contributed by atoms with Crippen molar-refractivity contribution in [2.45, 2.75) is 40.1 Å². The second-order valence-corrected chi connectivity index (χ2v) is 5.74. The largest absolute Gasteiger partial charge is 0.384 e. The van der Waals surface area contributed by atoms with Gasteiger partial charge in [0.05, 0.1) is 13.2 Å². The van der Waals surface area contributed by atoms with Gasteiger partial charge in [-0.25, -0.2) is 0 Å². The van der Waals surface area contributed by atoms with Crippen molar-refractivity contribution in [2.75, 3.05) is 0 Å². The van der Waals surface area contributed by atoms with Crippen LogP contribution in [0.15, 0.2) is 30.3 Å². The lowest BCUT2D eigenvalue weighted by Crippen LogP contribution is -2.06. The van der Waals surface area contributed by atoms with Crippen molar-refractivity contribution in [2.24, 2.45) is 0 Å². The molecular formula is C18H20O2. The fourth-order valence-corrected chi connectivity index (χ4v) is 3.15. The van der Waals surface area contributed by atoms with Crippen molar-refractivity contribution in [3.05, 3.63) is 69.3 Å². The Hall–Kier alpha value is -1.64. The van der Waals surface area contributed by atoms with E-state index < -0.39 is 6.10 Å². The van der Waals surface area contributed by atoms with Crippen LogP contribution in [0, 0.1) is 20.8 Å². The van der Waals surface area contributed by atoms with E-state index in [1.165, 1.54) is 16.7 Å². The number of aliphatic hydroxyl groups is 1. The predicted octanol–water partition coefficient (Wildman–Crippen LogP) is 3.72. The second kappa shape index (κ2) is 5.04. The first-order valence-electron chi connectivity index (χ1n) is 7.01. The highest BCUT2D eigenvalue weighted by Crippen LogP contribution is 2.31. The number of hydrogen-bond donors (Lipinski definition) is 1. The Morgan fingerprint density at radius 2 is 1.60 bits per heavy atom. The molecule has 1 aliphatic heterocycles. The molecule has 0 amide bonds. The number of aryl methyl sites for hydroxylation is 3. The molecule has 1 aliphatic rings. The molecule has 0 aliphatic carbocycles. The fourth-order valence-electron chi connectivity index (χ4n) is 3.15. The molecule has 20 heavy (non-hydrogen) atoms. The summed E-state index contributed by atoms with van der Waals surface area (Å²) in [7, 11) is 0. The molecule has 0 fully saturated rings. The summed E-state index contributed by atoms with van der Waals surface area (Å²) in [6, 6.07) is 10.4. The summed E-state index contributed by atoms with van der Waals surface area (Å²) in [5.74, 6) is 0. The van der Waals surface area contributed by atoms with Gasteiger partial charge in [0.15, 0.2) is 0 Å². The van der Waals surface area contributed by atoms with Crippen LogP contribution >= 0.6 is 0 Å². The molecule has 0 saturated heterocycles. The average molecular weight is 268 g/mol. The third-order valence-electron chi connectivity index (χ3n) is 4.07. The lowest BCUT2D eigenvalue weighted by Gasteiger charge is -2.18. The zero-order valence-corrected chi connectivity index (χ0v) is 12.2. The minimum atomic E-state index is -0.568. The summed E-state index contributed by atoms with van der Waals surface area (Å²) in [6.45, 7) is 7.56. The van der Waals surface area contributed by atoms with Gasteiger partial charge in [-0.3, -0.25) is 0 Å². The van der Waals surface area contributed by atoms with E-state index in [1.54, 1.807) is 0 Å². The normalized spacial score (nSPS) is 15.2. The van der Waals surface area contributed by atoms with Gasteiger partial charge in [-0.15, -0.1) is 0 Å². The summed E-state index contributed by atoms with van der Waals surface area (Å²) in [4.78, 5) is 0. The summed E-state index contributed by atoms with van der Waals surface area (Å²) < 4.78 is 5.44. The van der Waals surface area contributed by atoms with E-state index in [-0.39, 0.29) is 0 Å². The van der Waals surface area contributed by atoms with Crippen LogP contribution in [0.3, 0.4) is 0 Å². The molecule has 104 valence electrons. The van der Waals surface area contributed by atoms with Crippen LogP contribution in [0.4, 0.5) is 0 Å². The average Bonchev–Trinajstić information content (AvgIpc) is 2.84. The molecule has 2 heteroatoms. The van der Waals surface area contributed by atoms with Crippen molar-refractivity contribution >= 4 is 0 Å². The van der Waals surface area contributed by atoms with Crippen molar-refractivity contribution in [1.82, 2.24) is 0 Å². The molecule has 1 N–H and O–H groups in total. The van der Waals surface area contributed by atoms with E-state index in [9.17, 15) is 5.11 Å². The molecule has 2 aromatic carbocycles. The molecule has 3 rings (SSSR count).